The molecule has 0 saturated heterocycles. The van der Waals surface area contributed by atoms with E-state index in [1.165, 1.54) is 31.4 Å². The number of aryl methyl sites for hydroxylation is 1. The third kappa shape index (κ3) is 5.35. The molecule has 1 aliphatic carbocycles. The molecule has 33 heavy (non-hydrogen) atoms. The van der Waals surface area contributed by atoms with E-state index in [4.69, 9.17) is 9.52 Å². The molecule has 7 heteroatoms. The number of hydrogen-bond donors (Lipinski definition) is 3. The maximum Gasteiger partial charge on any atom is 0.305 e. The fourth-order valence-corrected chi connectivity index (χ4v) is 4.66. The van der Waals surface area contributed by atoms with Gasteiger partial charge in [-0.25, -0.2) is 4.39 Å². The van der Waals surface area contributed by atoms with E-state index >= 15 is 0 Å². The molecule has 6 nitrogen and oxygen atoms in total. The van der Waals surface area contributed by atoms with Crippen molar-refractivity contribution in [2.45, 2.75) is 51.5 Å². The van der Waals surface area contributed by atoms with Crippen LogP contribution in [-0.2, 0) is 4.79 Å². The number of aliphatic carboxylic acids is 1. The average molecular weight is 453 g/mol. The smallest absolute Gasteiger partial charge is 0.305 e. The van der Waals surface area contributed by atoms with E-state index < -0.39 is 5.97 Å². The SMILES string of the molecule is Cc1c(C(Nc2ccc(C(=O)NCCC(=O)O)cc2)C2CCCCC2)oc2cc(F)ccc12. The van der Waals surface area contributed by atoms with Crippen LogP contribution in [0.3, 0.4) is 0 Å². The van der Waals surface area contributed by atoms with Crippen LogP contribution in [0.4, 0.5) is 10.1 Å². The fourth-order valence-electron chi connectivity index (χ4n) is 4.66. The van der Waals surface area contributed by atoms with Gasteiger partial charge in [-0.3, -0.25) is 9.59 Å². The van der Waals surface area contributed by atoms with Gasteiger partial charge in [0.05, 0.1) is 12.5 Å². The van der Waals surface area contributed by atoms with Crippen molar-refractivity contribution in [3.05, 3.63) is 65.2 Å². The molecule has 0 bridgehead atoms. The van der Waals surface area contributed by atoms with Gasteiger partial charge in [0.25, 0.3) is 5.91 Å². The minimum absolute atomic E-state index is 0.0593. The number of fused-ring (bicyclic) bond motifs is 1. The standard InChI is InChI=1S/C26H29FN2O4/c1-16-21-12-9-19(27)15-22(21)33-25(16)24(17-5-3-2-4-6-17)29-20-10-7-18(8-11-20)26(32)28-14-13-23(30)31/h7-12,15,17,24,29H,2-6,13-14H2,1H3,(H,28,32)(H,30,31). The van der Waals surface area contributed by atoms with E-state index in [1.807, 2.05) is 19.1 Å². The first-order valence-corrected chi connectivity index (χ1v) is 11.5. The van der Waals surface area contributed by atoms with Crippen molar-refractivity contribution in [3.8, 4) is 0 Å². The lowest BCUT2D eigenvalue weighted by Gasteiger charge is -2.31. The summed E-state index contributed by atoms with van der Waals surface area (Å²) in [6, 6.07) is 11.7. The van der Waals surface area contributed by atoms with Crippen molar-refractivity contribution in [1.29, 1.82) is 0 Å². The Kier molecular flexibility index (Phi) is 6.96. The molecule has 1 fully saturated rings. The molecular weight excluding hydrogens is 423 g/mol. The molecule has 3 N–H and O–H groups in total. The second kappa shape index (κ2) is 10.1. The second-order valence-corrected chi connectivity index (χ2v) is 8.73. The highest BCUT2D eigenvalue weighted by Crippen LogP contribution is 2.40. The zero-order chi connectivity index (χ0) is 23.4. The molecule has 1 aliphatic rings. The van der Waals surface area contributed by atoms with Crippen molar-refractivity contribution in [1.82, 2.24) is 5.32 Å². The predicted molar refractivity (Wildman–Crippen MR) is 125 cm³/mol. The third-order valence-corrected chi connectivity index (χ3v) is 6.43. The Labute approximate surface area is 192 Å². The molecule has 1 aromatic heterocycles. The number of rotatable bonds is 8. The van der Waals surface area contributed by atoms with Crippen LogP contribution in [0.2, 0.25) is 0 Å². The zero-order valence-electron chi connectivity index (χ0n) is 18.7. The largest absolute Gasteiger partial charge is 0.481 e. The highest BCUT2D eigenvalue weighted by Gasteiger charge is 2.30. The van der Waals surface area contributed by atoms with E-state index in [1.54, 1.807) is 18.2 Å². The van der Waals surface area contributed by atoms with Crippen LogP contribution in [0.1, 0.15) is 66.2 Å². The number of carbonyl (C=O) groups excluding carboxylic acids is 1. The summed E-state index contributed by atoms with van der Waals surface area (Å²) in [7, 11) is 0. The molecule has 4 rings (SSSR count). The molecule has 174 valence electrons. The first-order valence-electron chi connectivity index (χ1n) is 11.5. The minimum atomic E-state index is -0.952. The highest BCUT2D eigenvalue weighted by molar-refractivity contribution is 5.94. The quantitative estimate of drug-likeness (QED) is 0.401. The summed E-state index contributed by atoms with van der Waals surface area (Å²) in [5, 5.41) is 15.8. The van der Waals surface area contributed by atoms with Crippen molar-refractivity contribution in [3.63, 3.8) is 0 Å². The van der Waals surface area contributed by atoms with Crippen LogP contribution in [0.15, 0.2) is 46.9 Å². The van der Waals surface area contributed by atoms with Gasteiger partial charge in [0.1, 0.15) is 17.2 Å². The number of furan rings is 1. The molecule has 1 heterocycles. The number of anilines is 1. The van der Waals surface area contributed by atoms with Crippen molar-refractivity contribution >= 4 is 28.5 Å². The summed E-state index contributed by atoms with van der Waals surface area (Å²) in [6.07, 6.45) is 5.64. The van der Waals surface area contributed by atoms with E-state index in [-0.39, 0.29) is 30.7 Å². The molecule has 1 atom stereocenters. The molecule has 1 amide bonds. The molecule has 0 radical (unpaired) electrons. The summed E-state index contributed by atoms with van der Waals surface area (Å²) >= 11 is 0. The first kappa shape index (κ1) is 22.8. The van der Waals surface area contributed by atoms with Crippen molar-refractivity contribution in [2.24, 2.45) is 5.92 Å². The first-order chi connectivity index (χ1) is 15.9. The van der Waals surface area contributed by atoms with Gasteiger partial charge in [-0.15, -0.1) is 0 Å². The summed E-state index contributed by atoms with van der Waals surface area (Å²) in [6.45, 7) is 2.10. The Bertz CT molecular complexity index is 1130. The lowest BCUT2D eigenvalue weighted by molar-refractivity contribution is -0.136. The molecular formula is C26H29FN2O4. The number of carboxylic acids is 1. The Morgan fingerprint density at radius 3 is 2.55 bits per heavy atom. The van der Waals surface area contributed by atoms with Crippen LogP contribution in [0.25, 0.3) is 11.0 Å². The molecule has 0 aliphatic heterocycles. The normalized spacial score (nSPS) is 15.3. The van der Waals surface area contributed by atoms with E-state index in [0.29, 0.717) is 17.1 Å². The maximum atomic E-state index is 13.8. The summed E-state index contributed by atoms with van der Waals surface area (Å²) < 4.78 is 19.9. The topological polar surface area (TPSA) is 91.6 Å². The minimum Gasteiger partial charge on any atom is -0.481 e. The average Bonchev–Trinajstić information content (AvgIpc) is 3.13. The van der Waals surface area contributed by atoms with E-state index in [9.17, 15) is 14.0 Å². The third-order valence-electron chi connectivity index (χ3n) is 6.43. The molecule has 1 saturated carbocycles. The van der Waals surface area contributed by atoms with Crippen molar-refractivity contribution < 1.29 is 23.5 Å². The summed E-state index contributed by atoms with van der Waals surface area (Å²) in [4.78, 5) is 22.9. The Hall–Kier alpha value is -3.35. The van der Waals surface area contributed by atoms with Gasteiger partial charge in [-0.05, 0) is 62.1 Å². The number of hydrogen-bond acceptors (Lipinski definition) is 4. The molecule has 2 aromatic carbocycles. The van der Waals surface area contributed by atoms with Gasteiger partial charge in [0.15, 0.2) is 0 Å². The monoisotopic (exact) mass is 452 g/mol. The second-order valence-electron chi connectivity index (χ2n) is 8.73. The molecule has 1 unspecified atom stereocenters. The van der Waals surface area contributed by atoms with Gasteiger partial charge in [0.2, 0.25) is 0 Å². The van der Waals surface area contributed by atoms with Gasteiger partial charge < -0.3 is 20.2 Å². The lowest BCUT2D eigenvalue weighted by atomic mass is 9.82. The highest BCUT2D eigenvalue weighted by atomic mass is 19.1. The summed E-state index contributed by atoms with van der Waals surface area (Å²) in [5.74, 6) is -0.351. The van der Waals surface area contributed by atoms with Crippen LogP contribution >= 0.6 is 0 Å². The number of carbonyl (C=O) groups is 2. The summed E-state index contributed by atoms with van der Waals surface area (Å²) in [5.41, 5.74) is 2.90. The van der Waals surface area contributed by atoms with Gasteiger partial charge in [-0.2, -0.15) is 0 Å². The van der Waals surface area contributed by atoms with E-state index in [2.05, 4.69) is 10.6 Å². The number of nitrogens with one attached hydrogen (secondary N) is 2. The van der Waals surface area contributed by atoms with Gasteiger partial charge >= 0.3 is 5.97 Å². The Morgan fingerprint density at radius 2 is 1.85 bits per heavy atom. The predicted octanol–water partition coefficient (Wildman–Crippen LogP) is 5.82. The number of benzene rings is 2. The van der Waals surface area contributed by atoms with Crippen LogP contribution in [0, 0.1) is 18.7 Å². The number of amides is 1. The Morgan fingerprint density at radius 1 is 1.12 bits per heavy atom. The maximum absolute atomic E-state index is 13.8. The van der Waals surface area contributed by atoms with Gasteiger partial charge in [0, 0.05) is 34.8 Å². The van der Waals surface area contributed by atoms with Crippen LogP contribution in [0.5, 0.6) is 0 Å². The fraction of sp³-hybridized carbons (Fsp3) is 0.385. The van der Waals surface area contributed by atoms with Crippen LogP contribution < -0.4 is 10.6 Å². The number of carboxylic acid groups (broad SMARTS) is 1. The van der Waals surface area contributed by atoms with Gasteiger partial charge in [-0.1, -0.05) is 19.3 Å². The molecule has 0 spiro atoms. The van der Waals surface area contributed by atoms with Crippen molar-refractivity contribution in [2.75, 3.05) is 11.9 Å². The van der Waals surface area contributed by atoms with E-state index in [0.717, 1.165) is 35.2 Å². The number of halogens is 1. The lowest BCUT2D eigenvalue weighted by Crippen LogP contribution is -2.26. The zero-order valence-corrected chi connectivity index (χ0v) is 18.7. The van der Waals surface area contributed by atoms with Crippen LogP contribution in [-0.4, -0.2) is 23.5 Å². The Balaban J connectivity index is 1.56. The molecule has 3 aromatic rings.